The Morgan fingerprint density at radius 3 is 2.38 bits per heavy atom. The molecule has 1 aliphatic rings. The maximum atomic E-state index is 3.40. The van der Waals surface area contributed by atoms with Crippen molar-refractivity contribution in [2.24, 2.45) is 0 Å². The molecule has 0 aliphatic carbocycles. The fraction of sp³-hybridized carbons (Fsp3) is 0.667. The predicted octanol–water partition coefficient (Wildman–Crippen LogP) is 3.11. The Bertz CT molecular complexity index is 382. The van der Waals surface area contributed by atoms with Gasteiger partial charge in [0.1, 0.15) is 0 Å². The molecule has 1 aliphatic heterocycles. The Balaban J connectivity index is 1.85. The van der Waals surface area contributed by atoms with Gasteiger partial charge in [0.05, 0.1) is 0 Å². The molecule has 1 fully saturated rings. The third-order valence-corrected chi connectivity index (χ3v) is 4.37. The van der Waals surface area contributed by atoms with Gasteiger partial charge in [-0.25, -0.2) is 0 Å². The summed E-state index contributed by atoms with van der Waals surface area (Å²) in [5.74, 6) is 0. The van der Waals surface area contributed by atoms with Crippen molar-refractivity contribution in [3.05, 3.63) is 29.8 Å². The number of hydrogen-bond acceptors (Lipinski definition) is 3. The van der Waals surface area contributed by atoms with E-state index in [1.165, 1.54) is 43.6 Å². The molecule has 3 nitrogen and oxygen atoms in total. The summed E-state index contributed by atoms with van der Waals surface area (Å²) in [6.45, 7) is 12.3. The SMILES string of the molecule is CCNCCN(CC)Cc1ccc(N2CCCCC2)cc1. The van der Waals surface area contributed by atoms with Crippen LogP contribution in [0.2, 0.25) is 0 Å². The lowest BCUT2D eigenvalue weighted by atomic mass is 10.1. The van der Waals surface area contributed by atoms with Crippen molar-refractivity contribution in [3.63, 3.8) is 0 Å². The number of nitrogens with one attached hydrogen (secondary N) is 1. The molecule has 1 heterocycles. The molecule has 0 unspecified atom stereocenters. The van der Waals surface area contributed by atoms with Gasteiger partial charge in [-0.15, -0.1) is 0 Å². The van der Waals surface area contributed by atoms with Gasteiger partial charge in [0.2, 0.25) is 0 Å². The molecule has 0 bridgehead atoms. The van der Waals surface area contributed by atoms with E-state index in [0.717, 1.165) is 32.7 Å². The number of likely N-dealkylation sites (N-methyl/N-ethyl adjacent to an activating group) is 2. The highest BCUT2D eigenvalue weighted by atomic mass is 15.1. The summed E-state index contributed by atoms with van der Waals surface area (Å²) in [6, 6.07) is 9.22. The number of nitrogens with zero attached hydrogens (tertiary/aromatic N) is 2. The Hall–Kier alpha value is -1.06. The van der Waals surface area contributed by atoms with Gasteiger partial charge in [0.15, 0.2) is 0 Å². The Labute approximate surface area is 130 Å². The summed E-state index contributed by atoms with van der Waals surface area (Å²) in [5.41, 5.74) is 2.82. The molecule has 0 amide bonds. The quantitative estimate of drug-likeness (QED) is 0.742. The van der Waals surface area contributed by atoms with E-state index in [1.807, 2.05) is 0 Å². The summed E-state index contributed by atoms with van der Waals surface area (Å²) in [5, 5.41) is 3.40. The molecule has 1 aromatic rings. The highest BCUT2D eigenvalue weighted by molar-refractivity contribution is 5.47. The minimum atomic E-state index is 1.06. The lowest BCUT2D eigenvalue weighted by Gasteiger charge is -2.29. The number of piperidine rings is 1. The second-order valence-electron chi connectivity index (χ2n) is 5.94. The van der Waals surface area contributed by atoms with Crippen molar-refractivity contribution >= 4 is 5.69 Å². The van der Waals surface area contributed by atoms with E-state index in [-0.39, 0.29) is 0 Å². The lowest BCUT2D eigenvalue weighted by molar-refractivity contribution is 0.280. The first-order chi connectivity index (χ1) is 10.3. The van der Waals surface area contributed by atoms with Crippen molar-refractivity contribution in [1.82, 2.24) is 10.2 Å². The molecule has 21 heavy (non-hydrogen) atoms. The van der Waals surface area contributed by atoms with Gasteiger partial charge in [-0.05, 0) is 50.0 Å². The van der Waals surface area contributed by atoms with Gasteiger partial charge < -0.3 is 10.2 Å². The van der Waals surface area contributed by atoms with Crippen LogP contribution in [0.25, 0.3) is 0 Å². The molecule has 2 rings (SSSR count). The number of anilines is 1. The molecule has 1 aromatic carbocycles. The van der Waals surface area contributed by atoms with Crippen LogP contribution in [-0.2, 0) is 6.54 Å². The molecule has 0 spiro atoms. The normalized spacial score (nSPS) is 15.7. The highest BCUT2D eigenvalue weighted by Crippen LogP contribution is 2.20. The summed E-state index contributed by atoms with van der Waals surface area (Å²) in [4.78, 5) is 5.02. The van der Waals surface area contributed by atoms with Gasteiger partial charge in [-0.2, -0.15) is 0 Å². The molecule has 1 saturated heterocycles. The van der Waals surface area contributed by atoms with Crippen LogP contribution in [0.3, 0.4) is 0 Å². The summed E-state index contributed by atoms with van der Waals surface area (Å²) >= 11 is 0. The van der Waals surface area contributed by atoms with Crippen LogP contribution in [0, 0.1) is 0 Å². The second-order valence-corrected chi connectivity index (χ2v) is 5.94. The standard InChI is InChI=1S/C18H31N3/c1-3-19-12-15-20(4-2)16-17-8-10-18(11-9-17)21-13-6-5-7-14-21/h8-11,19H,3-7,12-16H2,1-2H3. The van der Waals surface area contributed by atoms with E-state index in [4.69, 9.17) is 0 Å². The number of benzene rings is 1. The van der Waals surface area contributed by atoms with Crippen LogP contribution >= 0.6 is 0 Å². The smallest absolute Gasteiger partial charge is 0.0366 e. The summed E-state index contributed by atoms with van der Waals surface area (Å²) < 4.78 is 0. The third kappa shape index (κ3) is 5.33. The highest BCUT2D eigenvalue weighted by Gasteiger charge is 2.11. The van der Waals surface area contributed by atoms with Crippen LogP contribution in [-0.4, -0.2) is 44.2 Å². The van der Waals surface area contributed by atoms with Crippen LogP contribution in [0.4, 0.5) is 5.69 Å². The molecule has 1 N–H and O–H groups in total. The van der Waals surface area contributed by atoms with Crippen LogP contribution in [0.1, 0.15) is 38.7 Å². The largest absolute Gasteiger partial charge is 0.372 e. The first-order valence-corrected chi connectivity index (χ1v) is 8.60. The second kappa shape index (κ2) is 9.06. The van der Waals surface area contributed by atoms with Crippen LogP contribution in [0.5, 0.6) is 0 Å². The van der Waals surface area contributed by atoms with Crippen molar-refractivity contribution in [1.29, 1.82) is 0 Å². The summed E-state index contributed by atoms with van der Waals surface area (Å²) in [7, 11) is 0. The average molecular weight is 289 g/mol. The zero-order valence-electron chi connectivity index (χ0n) is 13.8. The van der Waals surface area contributed by atoms with Crippen molar-refractivity contribution in [2.75, 3.05) is 44.2 Å². The molecular weight excluding hydrogens is 258 g/mol. The molecule has 0 saturated carbocycles. The molecule has 0 atom stereocenters. The topological polar surface area (TPSA) is 18.5 Å². The van der Waals surface area contributed by atoms with Crippen molar-refractivity contribution in [2.45, 2.75) is 39.7 Å². The van der Waals surface area contributed by atoms with Gasteiger partial charge in [0, 0.05) is 38.4 Å². The third-order valence-electron chi connectivity index (χ3n) is 4.37. The first kappa shape index (κ1) is 16.3. The van der Waals surface area contributed by atoms with E-state index in [9.17, 15) is 0 Å². The maximum absolute atomic E-state index is 3.40. The molecule has 3 heteroatoms. The van der Waals surface area contributed by atoms with Crippen LogP contribution in [0.15, 0.2) is 24.3 Å². The maximum Gasteiger partial charge on any atom is 0.0366 e. The molecule has 118 valence electrons. The lowest BCUT2D eigenvalue weighted by Crippen LogP contribution is -2.31. The van der Waals surface area contributed by atoms with E-state index in [0.29, 0.717) is 0 Å². The summed E-state index contributed by atoms with van der Waals surface area (Å²) in [6.07, 6.45) is 4.08. The van der Waals surface area contributed by atoms with E-state index in [1.54, 1.807) is 0 Å². The minimum Gasteiger partial charge on any atom is -0.372 e. The average Bonchev–Trinajstić information content (AvgIpc) is 2.55. The Morgan fingerprint density at radius 1 is 1.05 bits per heavy atom. The fourth-order valence-corrected chi connectivity index (χ4v) is 2.99. The minimum absolute atomic E-state index is 1.06. The van der Waals surface area contributed by atoms with Gasteiger partial charge >= 0.3 is 0 Å². The van der Waals surface area contributed by atoms with Gasteiger partial charge in [0.25, 0.3) is 0 Å². The Kier molecular flexibility index (Phi) is 7.04. The predicted molar refractivity (Wildman–Crippen MR) is 92.0 cm³/mol. The van der Waals surface area contributed by atoms with Crippen LogP contribution < -0.4 is 10.2 Å². The molecule has 0 aromatic heterocycles. The monoisotopic (exact) mass is 289 g/mol. The first-order valence-electron chi connectivity index (χ1n) is 8.60. The van der Waals surface area contributed by atoms with Gasteiger partial charge in [-0.3, -0.25) is 4.90 Å². The zero-order chi connectivity index (χ0) is 14.9. The number of hydrogen-bond donors (Lipinski definition) is 1. The van der Waals surface area contributed by atoms with Crippen molar-refractivity contribution < 1.29 is 0 Å². The van der Waals surface area contributed by atoms with Crippen molar-refractivity contribution in [3.8, 4) is 0 Å². The Morgan fingerprint density at radius 2 is 1.76 bits per heavy atom. The molecular formula is C18H31N3. The number of rotatable bonds is 8. The molecule has 0 radical (unpaired) electrons. The van der Waals surface area contributed by atoms with E-state index < -0.39 is 0 Å². The zero-order valence-corrected chi connectivity index (χ0v) is 13.8. The van der Waals surface area contributed by atoms with E-state index >= 15 is 0 Å². The fourth-order valence-electron chi connectivity index (χ4n) is 2.99. The van der Waals surface area contributed by atoms with Gasteiger partial charge in [-0.1, -0.05) is 26.0 Å². The van der Waals surface area contributed by atoms with E-state index in [2.05, 4.69) is 53.2 Å².